The third kappa shape index (κ3) is 4.60. The number of halogens is 1. The lowest BCUT2D eigenvalue weighted by molar-refractivity contribution is -0.120. The molecule has 3 rings (SSSR count). The number of hydrogen-bond donors (Lipinski definition) is 2. The van der Waals surface area contributed by atoms with E-state index < -0.39 is 0 Å². The molecule has 1 unspecified atom stereocenters. The molecule has 0 bridgehead atoms. The van der Waals surface area contributed by atoms with E-state index in [9.17, 15) is 4.79 Å². The van der Waals surface area contributed by atoms with Gasteiger partial charge in [-0.25, -0.2) is 0 Å². The predicted octanol–water partition coefficient (Wildman–Crippen LogP) is 3.58. The second kappa shape index (κ2) is 9.42. The van der Waals surface area contributed by atoms with E-state index in [1.165, 1.54) is 5.56 Å². The Hall–Kier alpha value is -1.53. The minimum absolute atomic E-state index is 0. The predicted molar refractivity (Wildman–Crippen MR) is 112 cm³/mol. The highest BCUT2D eigenvalue weighted by atomic mass is 35.5. The third-order valence-electron chi connectivity index (χ3n) is 4.91. The molecule has 0 saturated carbocycles. The summed E-state index contributed by atoms with van der Waals surface area (Å²) in [6.45, 7) is 3.50. The first-order chi connectivity index (χ1) is 12.1. The number of nitrogens with two attached hydrogens (primary N) is 1. The van der Waals surface area contributed by atoms with Crippen LogP contribution in [-0.2, 0) is 4.79 Å². The van der Waals surface area contributed by atoms with Crippen LogP contribution < -0.4 is 11.1 Å². The Labute approximate surface area is 165 Å². The summed E-state index contributed by atoms with van der Waals surface area (Å²) in [5.74, 6) is 0.289. The number of rotatable bonds is 5. The van der Waals surface area contributed by atoms with E-state index in [-0.39, 0.29) is 36.3 Å². The second-order valence-corrected chi connectivity index (χ2v) is 7.35. The lowest BCUT2D eigenvalue weighted by Gasteiger charge is -2.24. The summed E-state index contributed by atoms with van der Waals surface area (Å²) >= 11 is 1.63. The summed E-state index contributed by atoms with van der Waals surface area (Å²) in [6.07, 6.45) is 2.01. The number of thioether (sulfide) groups is 1. The highest BCUT2D eigenvalue weighted by Gasteiger charge is 2.35. The molecule has 0 aliphatic carbocycles. The molecule has 1 saturated heterocycles. The number of amides is 1. The molecule has 1 heterocycles. The average Bonchev–Trinajstić information content (AvgIpc) is 3.04. The number of para-hydroxylation sites is 1. The summed E-state index contributed by atoms with van der Waals surface area (Å²) in [5.41, 5.74) is 8.48. The van der Waals surface area contributed by atoms with Crippen LogP contribution >= 0.6 is 24.2 Å². The molecule has 140 valence electrons. The van der Waals surface area contributed by atoms with Gasteiger partial charge in [0, 0.05) is 29.9 Å². The van der Waals surface area contributed by atoms with Gasteiger partial charge in [-0.2, -0.15) is 0 Å². The lowest BCUT2D eigenvalue weighted by Crippen LogP contribution is -2.41. The molecule has 4 nitrogen and oxygen atoms in total. The maximum absolute atomic E-state index is 12.7. The van der Waals surface area contributed by atoms with Crippen LogP contribution in [0, 0.1) is 0 Å². The molecule has 3 N–H and O–H groups in total. The number of carbonyl (C=O) groups is 1. The van der Waals surface area contributed by atoms with Gasteiger partial charge in [0.2, 0.25) is 5.91 Å². The first-order valence-corrected chi connectivity index (χ1v) is 9.81. The van der Waals surface area contributed by atoms with Crippen molar-refractivity contribution >= 4 is 35.8 Å². The zero-order valence-corrected chi connectivity index (χ0v) is 16.7. The van der Waals surface area contributed by atoms with Crippen LogP contribution in [0.3, 0.4) is 0 Å². The molecule has 26 heavy (non-hydrogen) atoms. The van der Waals surface area contributed by atoms with Gasteiger partial charge < -0.3 is 11.1 Å². The molecule has 2 aromatic rings. The first kappa shape index (κ1) is 20.8. The van der Waals surface area contributed by atoms with Crippen molar-refractivity contribution in [2.75, 3.05) is 24.7 Å². The van der Waals surface area contributed by atoms with Crippen molar-refractivity contribution < 1.29 is 4.79 Å². The van der Waals surface area contributed by atoms with Crippen LogP contribution in [0.2, 0.25) is 0 Å². The van der Waals surface area contributed by atoms with E-state index >= 15 is 0 Å². The normalized spacial score (nSPS) is 21.0. The van der Waals surface area contributed by atoms with Crippen molar-refractivity contribution in [3.63, 3.8) is 0 Å². The smallest absolute Gasteiger partial charge is 0.241 e. The molecule has 1 amide bonds. The number of benzene rings is 2. The summed E-state index contributed by atoms with van der Waals surface area (Å²) in [6, 6.07) is 18.1. The molecule has 0 aromatic heterocycles. The maximum Gasteiger partial charge on any atom is 0.241 e. The van der Waals surface area contributed by atoms with Gasteiger partial charge in [-0.3, -0.25) is 9.69 Å². The van der Waals surface area contributed by atoms with Crippen molar-refractivity contribution in [1.29, 1.82) is 0 Å². The first-order valence-electron chi connectivity index (χ1n) is 8.58. The molecule has 0 radical (unpaired) electrons. The van der Waals surface area contributed by atoms with Gasteiger partial charge in [0.15, 0.2) is 0 Å². The van der Waals surface area contributed by atoms with Crippen LogP contribution in [0.15, 0.2) is 59.5 Å². The minimum atomic E-state index is -0.213. The Kier molecular flexibility index (Phi) is 7.53. The SMILES string of the molecule is CSc1ccccc1NC(=O)C(C)N1C[C@@H](N)[C@H](c2ccccc2)C1.Cl. The summed E-state index contributed by atoms with van der Waals surface area (Å²) in [4.78, 5) is 16.0. The van der Waals surface area contributed by atoms with E-state index in [2.05, 4.69) is 22.3 Å². The van der Waals surface area contributed by atoms with E-state index in [1.807, 2.05) is 55.6 Å². The Morgan fingerprint density at radius 1 is 1.15 bits per heavy atom. The van der Waals surface area contributed by atoms with Gasteiger partial charge in [0.1, 0.15) is 0 Å². The fourth-order valence-corrected chi connectivity index (χ4v) is 3.93. The van der Waals surface area contributed by atoms with Gasteiger partial charge in [-0.15, -0.1) is 24.2 Å². The van der Waals surface area contributed by atoms with Crippen LogP contribution in [-0.4, -0.2) is 42.2 Å². The van der Waals surface area contributed by atoms with Gasteiger partial charge in [0.25, 0.3) is 0 Å². The van der Waals surface area contributed by atoms with Crippen LogP contribution in [0.1, 0.15) is 18.4 Å². The Bertz CT molecular complexity index is 728. The molecular formula is C20H26ClN3OS. The average molecular weight is 392 g/mol. The van der Waals surface area contributed by atoms with E-state index in [0.29, 0.717) is 0 Å². The molecule has 2 aromatic carbocycles. The zero-order chi connectivity index (χ0) is 17.8. The fourth-order valence-electron chi connectivity index (χ4n) is 3.38. The molecule has 1 aliphatic heterocycles. The van der Waals surface area contributed by atoms with Crippen LogP contribution in [0.4, 0.5) is 5.69 Å². The van der Waals surface area contributed by atoms with Crippen molar-refractivity contribution in [3.05, 3.63) is 60.2 Å². The molecule has 3 atom stereocenters. The number of likely N-dealkylation sites (tertiary alicyclic amines) is 1. The maximum atomic E-state index is 12.7. The number of nitrogens with one attached hydrogen (secondary N) is 1. The largest absolute Gasteiger partial charge is 0.326 e. The van der Waals surface area contributed by atoms with Gasteiger partial charge in [-0.1, -0.05) is 42.5 Å². The summed E-state index contributed by atoms with van der Waals surface area (Å²) in [7, 11) is 0. The van der Waals surface area contributed by atoms with E-state index in [1.54, 1.807) is 11.8 Å². The van der Waals surface area contributed by atoms with Gasteiger partial charge in [-0.05, 0) is 30.9 Å². The monoisotopic (exact) mass is 391 g/mol. The van der Waals surface area contributed by atoms with E-state index in [0.717, 1.165) is 23.7 Å². The van der Waals surface area contributed by atoms with Gasteiger partial charge in [0.05, 0.1) is 11.7 Å². The number of hydrogen-bond acceptors (Lipinski definition) is 4. The Balaban J connectivity index is 0.00000243. The van der Waals surface area contributed by atoms with Crippen molar-refractivity contribution in [1.82, 2.24) is 4.90 Å². The number of nitrogens with zero attached hydrogens (tertiary/aromatic N) is 1. The molecule has 1 fully saturated rings. The fraction of sp³-hybridized carbons (Fsp3) is 0.350. The van der Waals surface area contributed by atoms with E-state index in [4.69, 9.17) is 5.73 Å². The third-order valence-corrected chi connectivity index (χ3v) is 5.71. The van der Waals surface area contributed by atoms with Crippen LogP contribution in [0.5, 0.6) is 0 Å². The lowest BCUT2D eigenvalue weighted by atomic mass is 9.95. The Morgan fingerprint density at radius 2 is 1.81 bits per heavy atom. The standard InChI is InChI=1S/C20H25N3OS.ClH/c1-14(20(24)22-18-10-6-7-11-19(18)25-2)23-12-16(17(21)13-23)15-8-4-3-5-9-15;/h3-11,14,16-17H,12-13,21H2,1-2H3,(H,22,24);1H/t14?,16-,17+;/m0./s1. The highest BCUT2D eigenvalue weighted by Crippen LogP contribution is 2.29. The molecule has 6 heteroatoms. The number of carbonyl (C=O) groups excluding carboxylic acids is 1. The van der Waals surface area contributed by atoms with Crippen molar-refractivity contribution in [2.24, 2.45) is 5.73 Å². The second-order valence-electron chi connectivity index (χ2n) is 6.50. The van der Waals surface area contributed by atoms with Crippen molar-refractivity contribution in [2.45, 2.75) is 29.8 Å². The quantitative estimate of drug-likeness (QED) is 0.765. The summed E-state index contributed by atoms with van der Waals surface area (Å²) in [5, 5.41) is 3.07. The van der Waals surface area contributed by atoms with Crippen LogP contribution in [0.25, 0.3) is 0 Å². The summed E-state index contributed by atoms with van der Waals surface area (Å²) < 4.78 is 0. The topological polar surface area (TPSA) is 58.4 Å². The molecule has 0 spiro atoms. The number of anilines is 1. The van der Waals surface area contributed by atoms with Gasteiger partial charge >= 0.3 is 0 Å². The highest BCUT2D eigenvalue weighted by molar-refractivity contribution is 7.98. The Morgan fingerprint density at radius 3 is 2.50 bits per heavy atom. The minimum Gasteiger partial charge on any atom is -0.326 e. The zero-order valence-electron chi connectivity index (χ0n) is 15.1. The molecular weight excluding hydrogens is 366 g/mol. The van der Waals surface area contributed by atoms with Crippen molar-refractivity contribution in [3.8, 4) is 0 Å². The molecule has 1 aliphatic rings.